The number of methoxy groups -OCH3 is 1. The number of ether oxygens (including phenoxy) is 2. The number of benzene rings is 2. The van der Waals surface area contributed by atoms with Crippen LogP contribution in [0.25, 0.3) is 0 Å². The number of nitrogens with zero attached hydrogens (tertiary/aromatic N) is 2. The highest BCUT2D eigenvalue weighted by atomic mass is 16.6. The van der Waals surface area contributed by atoms with Crippen LogP contribution in [-0.2, 0) is 4.79 Å². The van der Waals surface area contributed by atoms with Crippen molar-refractivity contribution in [3.63, 3.8) is 0 Å². The third-order valence-electron chi connectivity index (χ3n) is 3.59. The van der Waals surface area contributed by atoms with Crippen LogP contribution in [0.5, 0.6) is 11.5 Å². The normalized spacial score (nSPS) is 12.0. The molecule has 8 nitrogen and oxygen atoms in total. The number of carboxylic acids is 1. The van der Waals surface area contributed by atoms with Gasteiger partial charge in [0, 0.05) is 17.8 Å². The first-order chi connectivity index (χ1) is 12.3. The summed E-state index contributed by atoms with van der Waals surface area (Å²) in [5.41, 5.74) is 1.68. The Balaban J connectivity index is 2.24. The molecule has 0 fully saturated rings. The summed E-state index contributed by atoms with van der Waals surface area (Å²) in [6.45, 7) is 3.08. The lowest BCUT2D eigenvalue weighted by molar-refractivity contribution is -0.385. The molecule has 8 heteroatoms. The smallest absolute Gasteiger partial charge is 0.344 e. The summed E-state index contributed by atoms with van der Waals surface area (Å²) < 4.78 is 10.5. The molecule has 0 aliphatic carbocycles. The Labute approximate surface area is 149 Å². The maximum Gasteiger partial charge on any atom is 0.344 e. The predicted octanol–water partition coefficient (Wildman–Crippen LogP) is 3.51. The molecule has 0 bridgehead atoms. The molecule has 2 aromatic rings. The van der Waals surface area contributed by atoms with Crippen LogP contribution in [0.15, 0.2) is 41.4 Å². The van der Waals surface area contributed by atoms with E-state index in [0.29, 0.717) is 28.3 Å². The van der Waals surface area contributed by atoms with E-state index < -0.39 is 17.0 Å². The molecule has 0 unspecified atom stereocenters. The summed E-state index contributed by atoms with van der Waals surface area (Å²) in [6.07, 6.45) is 0.512. The lowest BCUT2D eigenvalue weighted by Crippen LogP contribution is -2.23. The zero-order valence-corrected chi connectivity index (χ0v) is 14.5. The van der Waals surface area contributed by atoms with E-state index in [1.165, 1.54) is 26.3 Å². The molecule has 1 atom stereocenters. The molecule has 0 radical (unpaired) electrons. The molecule has 0 spiro atoms. The Morgan fingerprint density at radius 3 is 2.62 bits per heavy atom. The number of aryl methyl sites for hydroxylation is 1. The zero-order valence-electron chi connectivity index (χ0n) is 14.5. The highest BCUT2D eigenvalue weighted by Gasteiger charge is 2.15. The number of hydrogen-bond acceptors (Lipinski definition) is 6. The lowest BCUT2D eigenvalue weighted by atomic mass is 10.2. The van der Waals surface area contributed by atoms with E-state index >= 15 is 0 Å². The molecule has 2 rings (SSSR count). The van der Waals surface area contributed by atoms with Gasteiger partial charge in [0.25, 0.3) is 5.69 Å². The summed E-state index contributed by atoms with van der Waals surface area (Å²) in [5, 5.41) is 19.9. The second-order valence-corrected chi connectivity index (χ2v) is 5.49. The average molecular weight is 358 g/mol. The molecule has 0 aromatic heterocycles. The molecule has 0 heterocycles. The van der Waals surface area contributed by atoms with Gasteiger partial charge in [-0.3, -0.25) is 15.1 Å². The molecule has 0 saturated carbocycles. The Hall–Kier alpha value is -3.42. The van der Waals surface area contributed by atoms with E-state index in [1.54, 1.807) is 37.3 Å². The Morgan fingerprint density at radius 2 is 2.00 bits per heavy atom. The van der Waals surface area contributed by atoms with Crippen molar-refractivity contribution in [1.29, 1.82) is 0 Å². The van der Waals surface area contributed by atoms with Crippen LogP contribution in [0.1, 0.15) is 18.1 Å². The van der Waals surface area contributed by atoms with Crippen molar-refractivity contribution < 1.29 is 24.3 Å². The van der Waals surface area contributed by atoms with Crippen LogP contribution in [0, 0.1) is 17.0 Å². The van der Waals surface area contributed by atoms with Crippen LogP contribution in [0.4, 0.5) is 11.4 Å². The van der Waals surface area contributed by atoms with E-state index in [0.717, 1.165) is 0 Å². The first-order valence-electron chi connectivity index (χ1n) is 7.68. The molecular weight excluding hydrogens is 340 g/mol. The van der Waals surface area contributed by atoms with Crippen molar-refractivity contribution >= 4 is 23.6 Å². The number of hydrogen-bond donors (Lipinski definition) is 1. The highest BCUT2D eigenvalue weighted by molar-refractivity contribution is 5.83. The van der Waals surface area contributed by atoms with Gasteiger partial charge in [0.15, 0.2) is 17.6 Å². The molecule has 0 aliphatic heterocycles. The Kier molecular flexibility index (Phi) is 5.90. The van der Waals surface area contributed by atoms with Crippen LogP contribution in [0.2, 0.25) is 0 Å². The van der Waals surface area contributed by atoms with E-state index in [1.807, 2.05) is 0 Å². The van der Waals surface area contributed by atoms with Crippen molar-refractivity contribution in [2.45, 2.75) is 20.0 Å². The first kappa shape index (κ1) is 18.9. The quantitative estimate of drug-likeness (QED) is 0.460. The minimum atomic E-state index is -1.08. The van der Waals surface area contributed by atoms with Gasteiger partial charge in [-0.1, -0.05) is 6.07 Å². The maximum atomic E-state index is 11.0. The largest absolute Gasteiger partial charge is 0.493 e. The van der Waals surface area contributed by atoms with E-state index in [9.17, 15) is 14.9 Å². The second kappa shape index (κ2) is 8.11. The monoisotopic (exact) mass is 358 g/mol. The van der Waals surface area contributed by atoms with Crippen molar-refractivity contribution in [3.8, 4) is 11.5 Å². The molecule has 2 aromatic carbocycles. The van der Waals surface area contributed by atoms with E-state index in [-0.39, 0.29) is 5.69 Å². The lowest BCUT2D eigenvalue weighted by Gasteiger charge is -2.14. The van der Waals surface area contributed by atoms with Gasteiger partial charge in [-0.25, -0.2) is 4.79 Å². The van der Waals surface area contributed by atoms with Gasteiger partial charge in [-0.05, 0) is 43.7 Å². The van der Waals surface area contributed by atoms with Crippen molar-refractivity contribution in [3.05, 3.63) is 57.6 Å². The SMILES string of the molecule is COc1cc(C=Nc2ccc(C)c([N+](=O)[O-])c2)ccc1O[C@@H](C)C(=O)O. The minimum absolute atomic E-state index is 0.00337. The summed E-state index contributed by atoms with van der Waals surface area (Å²) in [4.78, 5) is 25.7. The van der Waals surface area contributed by atoms with Gasteiger partial charge in [0.2, 0.25) is 0 Å². The van der Waals surface area contributed by atoms with Gasteiger partial charge >= 0.3 is 5.97 Å². The summed E-state index contributed by atoms with van der Waals surface area (Å²) in [5.74, 6) is -0.430. The molecule has 0 aliphatic rings. The molecular formula is C18H18N2O6. The molecule has 0 saturated heterocycles. The average Bonchev–Trinajstić information content (AvgIpc) is 2.61. The number of rotatable bonds is 7. The maximum absolute atomic E-state index is 11.0. The summed E-state index contributed by atoms with van der Waals surface area (Å²) in [7, 11) is 1.44. The standard InChI is InChI=1S/C18H18N2O6/c1-11-4-6-14(9-15(11)20(23)24)19-10-13-5-7-16(17(8-13)25-3)26-12(2)18(21)22/h4-10,12H,1-3H3,(H,21,22)/t12-/m0/s1. The van der Waals surface area contributed by atoms with Crippen molar-refractivity contribution in [1.82, 2.24) is 0 Å². The van der Waals surface area contributed by atoms with Crippen molar-refractivity contribution in [2.75, 3.05) is 7.11 Å². The number of aliphatic carboxylic acids is 1. The number of aliphatic imine (C=N–C) groups is 1. The molecule has 0 amide bonds. The molecule has 26 heavy (non-hydrogen) atoms. The van der Waals surface area contributed by atoms with Crippen LogP contribution in [-0.4, -0.2) is 35.4 Å². The fourth-order valence-electron chi connectivity index (χ4n) is 2.13. The number of nitro benzene ring substituents is 1. The van der Waals surface area contributed by atoms with Gasteiger partial charge in [-0.15, -0.1) is 0 Å². The van der Waals surface area contributed by atoms with Gasteiger partial charge in [0.05, 0.1) is 17.7 Å². The number of carbonyl (C=O) groups is 1. The predicted molar refractivity (Wildman–Crippen MR) is 95.8 cm³/mol. The number of nitro groups is 1. The zero-order chi connectivity index (χ0) is 19.3. The summed E-state index contributed by atoms with van der Waals surface area (Å²) >= 11 is 0. The second-order valence-electron chi connectivity index (χ2n) is 5.49. The first-order valence-corrected chi connectivity index (χ1v) is 7.68. The van der Waals surface area contributed by atoms with Crippen molar-refractivity contribution in [2.24, 2.45) is 4.99 Å². The van der Waals surface area contributed by atoms with Gasteiger partial charge in [0.1, 0.15) is 0 Å². The summed E-state index contributed by atoms with van der Waals surface area (Å²) in [6, 6.07) is 9.61. The van der Waals surface area contributed by atoms with Crippen LogP contribution >= 0.6 is 0 Å². The highest BCUT2D eigenvalue weighted by Crippen LogP contribution is 2.29. The fourth-order valence-corrected chi connectivity index (χ4v) is 2.13. The molecule has 136 valence electrons. The topological polar surface area (TPSA) is 111 Å². The van der Waals surface area contributed by atoms with E-state index in [2.05, 4.69) is 4.99 Å². The Morgan fingerprint density at radius 1 is 1.27 bits per heavy atom. The van der Waals surface area contributed by atoms with Gasteiger partial charge < -0.3 is 14.6 Å². The van der Waals surface area contributed by atoms with Crippen LogP contribution in [0.3, 0.4) is 0 Å². The third-order valence-corrected chi connectivity index (χ3v) is 3.59. The molecule has 1 N–H and O–H groups in total. The van der Waals surface area contributed by atoms with Gasteiger partial charge in [-0.2, -0.15) is 0 Å². The Bertz CT molecular complexity index is 863. The fraction of sp³-hybridized carbons (Fsp3) is 0.222. The number of carboxylic acid groups (broad SMARTS) is 1. The third kappa shape index (κ3) is 4.56. The minimum Gasteiger partial charge on any atom is -0.493 e. The van der Waals surface area contributed by atoms with E-state index in [4.69, 9.17) is 14.6 Å². The van der Waals surface area contributed by atoms with Crippen LogP contribution < -0.4 is 9.47 Å².